The number of hydrogen-bond donors (Lipinski definition) is 4. The smallest absolute Gasteiger partial charge is 0.472 e. The first-order valence-corrected chi connectivity index (χ1v) is 21.6. The van der Waals surface area contributed by atoms with Gasteiger partial charge >= 0.3 is 25.7 Å². The zero-order valence-corrected chi connectivity index (χ0v) is 34.2. The molecule has 0 spiro atoms. The number of carboxylic acid groups (broad SMARTS) is 1. The molecule has 0 aromatic carbocycles. The lowest BCUT2D eigenvalue weighted by atomic mass is 10.1. The summed E-state index contributed by atoms with van der Waals surface area (Å²) in [6, 6.07) is -1.54. The van der Waals surface area contributed by atoms with E-state index in [0.717, 1.165) is 89.9 Å². The molecule has 0 aliphatic heterocycles. The van der Waals surface area contributed by atoms with Gasteiger partial charge in [0.1, 0.15) is 12.6 Å². The lowest BCUT2D eigenvalue weighted by Gasteiger charge is -2.20. The van der Waals surface area contributed by atoms with Gasteiger partial charge < -0.3 is 30.3 Å². The summed E-state index contributed by atoms with van der Waals surface area (Å²) in [5, 5.41) is 19.0. The summed E-state index contributed by atoms with van der Waals surface area (Å²) in [5.74, 6) is -2.50. The second kappa shape index (κ2) is 36.5. The summed E-state index contributed by atoms with van der Waals surface area (Å²) < 4.78 is 32.5. The summed E-state index contributed by atoms with van der Waals surface area (Å²) in [7, 11) is -4.75. The van der Waals surface area contributed by atoms with Crippen molar-refractivity contribution in [2.24, 2.45) is 5.73 Å². The third kappa shape index (κ3) is 36.3. The predicted molar refractivity (Wildman–Crippen MR) is 218 cm³/mol. The Kier molecular flexibility index (Phi) is 34.4. The molecular formula is C42H70NO11P. The van der Waals surface area contributed by atoms with Gasteiger partial charge in [-0.05, 0) is 64.2 Å². The van der Waals surface area contributed by atoms with Gasteiger partial charge in [-0.3, -0.25) is 23.4 Å². The van der Waals surface area contributed by atoms with Gasteiger partial charge in [-0.2, -0.15) is 0 Å². The maximum absolute atomic E-state index is 12.6. The first kappa shape index (κ1) is 51.9. The third-order valence-corrected chi connectivity index (χ3v) is 9.00. The number of phosphoric ester groups is 1. The van der Waals surface area contributed by atoms with Crippen LogP contribution in [0.5, 0.6) is 0 Å². The van der Waals surface area contributed by atoms with E-state index < -0.39 is 63.8 Å². The van der Waals surface area contributed by atoms with Gasteiger partial charge in [0, 0.05) is 12.8 Å². The Balaban J connectivity index is 4.54. The molecule has 13 heteroatoms. The van der Waals surface area contributed by atoms with Gasteiger partial charge in [0.15, 0.2) is 6.10 Å². The minimum atomic E-state index is -4.75. The van der Waals surface area contributed by atoms with Crippen molar-refractivity contribution in [2.75, 3.05) is 19.8 Å². The van der Waals surface area contributed by atoms with E-state index in [9.17, 15) is 28.9 Å². The molecule has 0 amide bonds. The maximum atomic E-state index is 12.6. The molecule has 55 heavy (non-hydrogen) atoms. The second-order valence-corrected chi connectivity index (χ2v) is 14.7. The van der Waals surface area contributed by atoms with Crippen LogP contribution in [0, 0.1) is 0 Å². The molecule has 0 aromatic rings. The zero-order valence-electron chi connectivity index (χ0n) is 33.3. The van der Waals surface area contributed by atoms with Gasteiger partial charge in [-0.1, -0.05) is 132 Å². The topological polar surface area (TPSA) is 192 Å². The van der Waals surface area contributed by atoms with Crippen LogP contribution in [0.4, 0.5) is 0 Å². The Bertz CT molecular complexity index is 1230. The molecule has 0 rings (SSSR count). The molecule has 4 atom stereocenters. The predicted octanol–water partition coefficient (Wildman–Crippen LogP) is 9.14. The fourth-order valence-corrected chi connectivity index (χ4v) is 5.69. The lowest BCUT2D eigenvalue weighted by Crippen LogP contribution is -2.34. The number of esters is 2. The number of allylic oxidation sites excluding steroid dienone is 11. The molecule has 0 radical (unpaired) electrons. The number of aliphatic carboxylic acids is 1. The molecule has 12 nitrogen and oxygen atoms in total. The Morgan fingerprint density at radius 3 is 1.82 bits per heavy atom. The van der Waals surface area contributed by atoms with Gasteiger partial charge in [-0.25, -0.2) is 4.57 Å². The van der Waals surface area contributed by atoms with Gasteiger partial charge in [-0.15, -0.1) is 0 Å². The van der Waals surface area contributed by atoms with Gasteiger partial charge in [0.2, 0.25) is 0 Å². The largest absolute Gasteiger partial charge is 0.480 e. The molecule has 5 N–H and O–H groups in total. The van der Waals surface area contributed by atoms with Crippen molar-refractivity contribution in [3.8, 4) is 0 Å². The number of carbonyl (C=O) groups excluding carboxylic acids is 2. The highest BCUT2D eigenvalue weighted by molar-refractivity contribution is 7.47. The Hall–Kier alpha value is -3.12. The molecule has 0 aromatic heterocycles. The van der Waals surface area contributed by atoms with Gasteiger partial charge in [0.05, 0.1) is 19.3 Å². The van der Waals surface area contributed by atoms with E-state index >= 15 is 0 Å². The average molecular weight is 796 g/mol. The molecule has 2 unspecified atom stereocenters. The van der Waals surface area contributed by atoms with E-state index in [1.54, 1.807) is 6.08 Å². The fraction of sp³-hybridized carbons (Fsp3) is 0.643. The van der Waals surface area contributed by atoms with E-state index in [1.165, 1.54) is 0 Å². The number of carboxylic acids is 1. The molecule has 0 aliphatic carbocycles. The summed E-state index contributed by atoms with van der Waals surface area (Å²) in [6.07, 6.45) is 38.5. The highest BCUT2D eigenvalue weighted by Gasteiger charge is 2.28. The molecule has 0 heterocycles. The highest BCUT2D eigenvalue weighted by Crippen LogP contribution is 2.43. The van der Waals surface area contributed by atoms with Crippen molar-refractivity contribution < 1.29 is 52.6 Å². The van der Waals surface area contributed by atoms with Crippen LogP contribution in [0.2, 0.25) is 0 Å². The highest BCUT2D eigenvalue weighted by atomic mass is 31.2. The Morgan fingerprint density at radius 1 is 0.655 bits per heavy atom. The number of hydrogen-bond acceptors (Lipinski definition) is 10. The van der Waals surface area contributed by atoms with Crippen molar-refractivity contribution in [2.45, 2.75) is 154 Å². The molecule has 314 valence electrons. The van der Waals surface area contributed by atoms with Crippen molar-refractivity contribution in [3.05, 3.63) is 72.9 Å². The van der Waals surface area contributed by atoms with E-state index in [1.807, 2.05) is 18.2 Å². The van der Waals surface area contributed by atoms with Crippen molar-refractivity contribution in [3.63, 3.8) is 0 Å². The van der Waals surface area contributed by atoms with E-state index in [4.69, 9.17) is 24.8 Å². The molecular weight excluding hydrogens is 725 g/mol. The second-order valence-electron chi connectivity index (χ2n) is 13.2. The van der Waals surface area contributed by atoms with Gasteiger partial charge in [0.25, 0.3) is 0 Å². The minimum Gasteiger partial charge on any atom is -0.480 e. The van der Waals surface area contributed by atoms with Crippen molar-refractivity contribution in [1.82, 2.24) is 0 Å². The average Bonchev–Trinajstić information content (AvgIpc) is 3.15. The van der Waals surface area contributed by atoms with Crippen LogP contribution >= 0.6 is 7.82 Å². The van der Waals surface area contributed by atoms with Crippen molar-refractivity contribution >= 4 is 25.7 Å². The van der Waals surface area contributed by atoms with E-state index in [-0.39, 0.29) is 12.8 Å². The number of ether oxygens (including phenoxy) is 2. The quantitative estimate of drug-likeness (QED) is 0.0155. The van der Waals surface area contributed by atoms with Crippen LogP contribution < -0.4 is 5.73 Å². The summed E-state index contributed by atoms with van der Waals surface area (Å²) in [6.45, 7) is 2.41. The fourth-order valence-electron chi connectivity index (χ4n) is 4.91. The normalized spacial score (nSPS) is 15.1. The molecule has 0 bridgehead atoms. The Morgan fingerprint density at radius 2 is 1.18 bits per heavy atom. The standard InChI is InChI=1S/C42H70NO11P/c1-3-5-7-9-11-12-13-14-15-16-17-18-20-24-28-32-40(45)51-34-38(35-52-55(49,50)53-36-39(43)42(47)48)54-41(46)33-29-25-21-23-27-31-37(44)30-26-22-19-10-8-6-4-2/h5-8,11-12,14-15,19,22,26,30,37-39,44H,3-4,9-10,13,16-18,20-21,23-25,27-29,31-36,43H2,1-2H3,(H,47,48)(H,49,50)/b7-5-,8-6+,12-11-,15-14-,22-19+,30-26+/t37?,38-,39+/m1/s1. The number of rotatable bonds is 36. The minimum absolute atomic E-state index is 0.0835. The maximum Gasteiger partial charge on any atom is 0.472 e. The van der Waals surface area contributed by atoms with Crippen LogP contribution in [0.25, 0.3) is 0 Å². The van der Waals surface area contributed by atoms with E-state index in [0.29, 0.717) is 19.3 Å². The SMILES string of the molecule is CC/C=C\C/C=C\C/C=C\CCCCCCCC(=O)OC[C@H](COP(=O)(O)OC[C@H](N)C(=O)O)OC(=O)CCCCCCCC(O)/C=C/C=C/C/C=C/CC. The molecule has 0 saturated heterocycles. The number of unbranched alkanes of at least 4 members (excludes halogenated alkanes) is 9. The summed E-state index contributed by atoms with van der Waals surface area (Å²) >= 11 is 0. The van der Waals surface area contributed by atoms with Crippen LogP contribution in [0.3, 0.4) is 0 Å². The van der Waals surface area contributed by atoms with Crippen LogP contribution in [-0.4, -0.2) is 71.1 Å². The monoisotopic (exact) mass is 795 g/mol. The van der Waals surface area contributed by atoms with Crippen LogP contribution in [-0.2, 0) is 37.5 Å². The number of nitrogens with two attached hydrogens (primary N) is 1. The number of aliphatic hydroxyl groups excluding tert-OH is 1. The lowest BCUT2D eigenvalue weighted by molar-refractivity contribution is -0.161. The summed E-state index contributed by atoms with van der Waals surface area (Å²) in [5.41, 5.74) is 5.31. The first-order valence-electron chi connectivity index (χ1n) is 20.1. The molecule has 0 saturated carbocycles. The van der Waals surface area contributed by atoms with E-state index in [2.05, 4.69) is 67.0 Å². The summed E-state index contributed by atoms with van der Waals surface area (Å²) in [4.78, 5) is 45.9. The number of phosphoric acid groups is 1. The molecule has 0 aliphatic rings. The van der Waals surface area contributed by atoms with Crippen LogP contribution in [0.15, 0.2) is 72.9 Å². The molecule has 0 fully saturated rings. The zero-order chi connectivity index (χ0) is 40.8. The third-order valence-electron chi connectivity index (χ3n) is 8.05. The van der Waals surface area contributed by atoms with Crippen molar-refractivity contribution in [1.29, 1.82) is 0 Å². The first-order chi connectivity index (χ1) is 26.5. The number of aliphatic hydroxyl groups is 1. The Labute approximate surface area is 330 Å². The van der Waals surface area contributed by atoms with Crippen LogP contribution in [0.1, 0.15) is 136 Å². The number of carbonyl (C=O) groups is 3.